The van der Waals surface area contributed by atoms with E-state index in [4.69, 9.17) is 4.74 Å². The lowest BCUT2D eigenvalue weighted by Gasteiger charge is -2.05. The Morgan fingerprint density at radius 3 is 2.68 bits per heavy atom. The van der Waals surface area contributed by atoms with Crippen molar-refractivity contribution in [2.45, 2.75) is 13.5 Å². The van der Waals surface area contributed by atoms with Crippen LogP contribution in [0.3, 0.4) is 0 Å². The molecule has 0 aliphatic heterocycles. The van der Waals surface area contributed by atoms with E-state index in [2.05, 4.69) is 52.1 Å². The molecule has 0 radical (unpaired) electrons. The maximum absolute atomic E-state index is 5.82. The Bertz CT molecular complexity index is 700. The van der Waals surface area contributed by atoms with Crippen LogP contribution in [0.5, 0.6) is 5.75 Å². The normalized spacial score (nSPS) is 10.8. The van der Waals surface area contributed by atoms with Crippen molar-refractivity contribution in [3.63, 3.8) is 0 Å². The second-order valence-corrected chi connectivity index (χ2v) is 5.52. The Morgan fingerprint density at radius 2 is 1.89 bits per heavy atom. The van der Waals surface area contributed by atoms with Crippen molar-refractivity contribution in [1.82, 2.24) is 4.98 Å². The molecule has 3 rings (SSSR count). The highest BCUT2D eigenvalue weighted by Gasteiger charge is 2.05. The second-order valence-electron chi connectivity index (χ2n) is 4.61. The molecular formula is C16H14BrNO. The number of nitrogens with one attached hydrogen (secondary N) is 1. The van der Waals surface area contributed by atoms with E-state index in [1.165, 1.54) is 10.9 Å². The molecule has 0 spiro atoms. The summed E-state index contributed by atoms with van der Waals surface area (Å²) in [7, 11) is 0. The highest BCUT2D eigenvalue weighted by Crippen LogP contribution is 2.24. The fourth-order valence-corrected chi connectivity index (χ4v) is 2.43. The van der Waals surface area contributed by atoms with Gasteiger partial charge < -0.3 is 9.72 Å². The fourth-order valence-electron chi connectivity index (χ4n) is 2.07. The molecule has 2 aromatic carbocycles. The average molecular weight is 316 g/mol. The van der Waals surface area contributed by atoms with Crippen LogP contribution in [0.25, 0.3) is 10.9 Å². The van der Waals surface area contributed by atoms with Gasteiger partial charge in [-0.15, -0.1) is 0 Å². The minimum atomic E-state index is 0.569. The van der Waals surface area contributed by atoms with Gasteiger partial charge in [0.2, 0.25) is 0 Å². The molecule has 3 heteroatoms. The molecule has 1 aromatic heterocycles. The van der Waals surface area contributed by atoms with E-state index in [1.54, 1.807) is 0 Å². The molecular weight excluding hydrogens is 302 g/mol. The topological polar surface area (TPSA) is 25.0 Å². The van der Waals surface area contributed by atoms with E-state index in [-0.39, 0.29) is 0 Å². The van der Waals surface area contributed by atoms with Crippen molar-refractivity contribution in [3.8, 4) is 5.75 Å². The zero-order valence-electron chi connectivity index (χ0n) is 10.6. The number of rotatable bonds is 3. The summed E-state index contributed by atoms with van der Waals surface area (Å²) in [6.07, 6.45) is 2.01. The van der Waals surface area contributed by atoms with Gasteiger partial charge in [0.25, 0.3) is 0 Å². The van der Waals surface area contributed by atoms with Gasteiger partial charge in [0.05, 0.1) is 0 Å². The smallest absolute Gasteiger partial charge is 0.119 e. The van der Waals surface area contributed by atoms with E-state index in [1.807, 2.05) is 24.4 Å². The Balaban J connectivity index is 1.81. The first-order chi connectivity index (χ1) is 9.22. The van der Waals surface area contributed by atoms with Gasteiger partial charge in [-0.1, -0.05) is 33.6 Å². The average Bonchev–Trinajstić information content (AvgIpc) is 2.80. The highest BCUT2D eigenvalue weighted by atomic mass is 79.9. The zero-order valence-corrected chi connectivity index (χ0v) is 12.2. The van der Waals surface area contributed by atoms with Crippen molar-refractivity contribution in [3.05, 3.63) is 64.3 Å². The number of hydrogen-bond acceptors (Lipinski definition) is 1. The number of H-pyrrole nitrogens is 1. The number of benzene rings is 2. The lowest BCUT2D eigenvalue weighted by molar-refractivity contribution is 0.307. The minimum Gasteiger partial charge on any atom is -0.489 e. The van der Waals surface area contributed by atoms with Crippen molar-refractivity contribution < 1.29 is 4.74 Å². The number of ether oxygens (including phenoxy) is 1. The van der Waals surface area contributed by atoms with Crippen LogP contribution in [0.4, 0.5) is 0 Å². The SMILES string of the molecule is Cc1ccc(OCc2c[nH]c3ccc(Br)cc23)cc1. The van der Waals surface area contributed by atoms with Gasteiger partial charge in [0.15, 0.2) is 0 Å². The fraction of sp³-hybridized carbons (Fsp3) is 0.125. The molecule has 1 heterocycles. The Hall–Kier alpha value is -1.74. The monoisotopic (exact) mass is 315 g/mol. The molecule has 19 heavy (non-hydrogen) atoms. The Morgan fingerprint density at radius 1 is 1.11 bits per heavy atom. The van der Waals surface area contributed by atoms with Crippen LogP contribution in [-0.2, 0) is 6.61 Å². The van der Waals surface area contributed by atoms with E-state index >= 15 is 0 Å². The predicted octanol–water partition coefficient (Wildman–Crippen LogP) is 4.82. The first-order valence-corrected chi connectivity index (χ1v) is 6.97. The van der Waals surface area contributed by atoms with Crippen LogP contribution in [0.15, 0.2) is 53.1 Å². The maximum atomic E-state index is 5.82. The van der Waals surface area contributed by atoms with Crippen LogP contribution in [-0.4, -0.2) is 4.98 Å². The van der Waals surface area contributed by atoms with Crippen LogP contribution in [0, 0.1) is 6.92 Å². The molecule has 0 amide bonds. The van der Waals surface area contributed by atoms with E-state index in [0.29, 0.717) is 6.61 Å². The molecule has 2 nitrogen and oxygen atoms in total. The maximum Gasteiger partial charge on any atom is 0.119 e. The summed E-state index contributed by atoms with van der Waals surface area (Å²) in [5, 5.41) is 1.20. The predicted molar refractivity (Wildman–Crippen MR) is 81.5 cm³/mol. The number of hydrogen-bond donors (Lipinski definition) is 1. The zero-order chi connectivity index (χ0) is 13.2. The third-order valence-electron chi connectivity index (χ3n) is 3.14. The van der Waals surface area contributed by atoms with Crippen LogP contribution >= 0.6 is 15.9 Å². The molecule has 1 N–H and O–H groups in total. The number of aryl methyl sites for hydroxylation is 1. The molecule has 0 bridgehead atoms. The van der Waals surface area contributed by atoms with Crippen LogP contribution in [0.1, 0.15) is 11.1 Å². The molecule has 0 aliphatic carbocycles. The minimum absolute atomic E-state index is 0.569. The quantitative estimate of drug-likeness (QED) is 0.736. The number of aromatic amines is 1. The van der Waals surface area contributed by atoms with E-state index in [9.17, 15) is 0 Å². The largest absolute Gasteiger partial charge is 0.489 e. The van der Waals surface area contributed by atoms with Gasteiger partial charge in [-0.25, -0.2) is 0 Å². The molecule has 0 atom stereocenters. The number of halogens is 1. The molecule has 96 valence electrons. The summed E-state index contributed by atoms with van der Waals surface area (Å²) < 4.78 is 6.90. The summed E-state index contributed by atoms with van der Waals surface area (Å²) in [5.74, 6) is 0.898. The summed E-state index contributed by atoms with van der Waals surface area (Å²) in [6, 6.07) is 14.3. The van der Waals surface area contributed by atoms with Gasteiger partial charge in [-0.2, -0.15) is 0 Å². The van der Waals surface area contributed by atoms with Crippen molar-refractivity contribution in [2.24, 2.45) is 0 Å². The third kappa shape index (κ3) is 2.66. The molecule has 0 saturated carbocycles. The van der Waals surface area contributed by atoms with Gasteiger partial charge in [0.1, 0.15) is 12.4 Å². The lowest BCUT2D eigenvalue weighted by atomic mass is 10.2. The van der Waals surface area contributed by atoms with Gasteiger partial charge in [-0.05, 0) is 37.3 Å². The first kappa shape index (κ1) is 12.3. The van der Waals surface area contributed by atoms with E-state index in [0.717, 1.165) is 21.3 Å². The first-order valence-electron chi connectivity index (χ1n) is 6.17. The molecule has 0 saturated heterocycles. The molecule has 0 aliphatic rings. The van der Waals surface area contributed by atoms with E-state index < -0.39 is 0 Å². The molecule has 3 aromatic rings. The van der Waals surface area contributed by atoms with Crippen LogP contribution in [0.2, 0.25) is 0 Å². The van der Waals surface area contributed by atoms with Crippen molar-refractivity contribution >= 4 is 26.8 Å². The lowest BCUT2D eigenvalue weighted by Crippen LogP contribution is -1.94. The summed E-state index contributed by atoms with van der Waals surface area (Å²) >= 11 is 3.50. The van der Waals surface area contributed by atoms with Gasteiger partial charge in [0, 0.05) is 27.1 Å². The third-order valence-corrected chi connectivity index (χ3v) is 3.64. The Kier molecular flexibility index (Phi) is 3.30. The summed E-state index contributed by atoms with van der Waals surface area (Å²) in [4.78, 5) is 3.26. The molecule has 0 unspecified atom stereocenters. The second kappa shape index (κ2) is 5.10. The Labute approximate surface area is 120 Å². The number of fused-ring (bicyclic) bond motifs is 1. The summed E-state index contributed by atoms with van der Waals surface area (Å²) in [6.45, 7) is 2.64. The van der Waals surface area contributed by atoms with Gasteiger partial charge in [-0.3, -0.25) is 0 Å². The van der Waals surface area contributed by atoms with Crippen LogP contribution < -0.4 is 4.74 Å². The van der Waals surface area contributed by atoms with Crippen molar-refractivity contribution in [1.29, 1.82) is 0 Å². The van der Waals surface area contributed by atoms with Gasteiger partial charge >= 0.3 is 0 Å². The van der Waals surface area contributed by atoms with Crippen molar-refractivity contribution in [2.75, 3.05) is 0 Å². The molecule has 0 fully saturated rings. The number of aromatic nitrogens is 1. The highest BCUT2D eigenvalue weighted by molar-refractivity contribution is 9.10. The standard InChI is InChI=1S/C16H14BrNO/c1-11-2-5-14(6-3-11)19-10-12-9-18-16-7-4-13(17)8-15(12)16/h2-9,18H,10H2,1H3. The summed E-state index contributed by atoms with van der Waals surface area (Å²) in [5.41, 5.74) is 3.53.